The first-order valence-corrected chi connectivity index (χ1v) is 7.26. The molecule has 1 atom stereocenters. The van der Waals surface area contributed by atoms with Crippen molar-refractivity contribution in [1.29, 1.82) is 0 Å². The van der Waals surface area contributed by atoms with E-state index in [0.717, 1.165) is 4.47 Å². The second-order valence-electron chi connectivity index (χ2n) is 4.33. The van der Waals surface area contributed by atoms with Crippen molar-refractivity contribution in [2.75, 3.05) is 11.9 Å². The third-order valence-corrected chi connectivity index (χ3v) is 3.67. The van der Waals surface area contributed by atoms with Crippen molar-refractivity contribution >= 4 is 45.2 Å². The van der Waals surface area contributed by atoms with Crippen molar-refractivity contribution in [2.24, 2.45) is 0 Å². The number of anilines is 1. The van der Waals surface area contributed by atoms with E-state index in [1.165, 1.54) is 4.90 Å². The van der Waals surface area contributed by atoms with Crippen molar-refractivity contribution in [1.82, 2.24) is 4.90 Å². The molecule has 1 unspecified atom stereocenters. The van der Waals surface area contributed by atoms with E-state index in [0.29, 0.717) is 17.1 Å². The fourth-order valence-corrected chi connectivity index (χ4v) is 2.29. The maximum atomic E-state index is 12.2. The molecule has 1 aromatic rings. The number of hydrogen-bond donors (Lipinski definition) is 2. The summed E-state index contributed by atoms with van der Waals surface area (Å²) in [5.41, 5.74) is 0.443. The predicted octanol–water partition coefficient (Wildman–Crippen LogP) is 3.82. The summed E-state index contributed by atoms with van der Waals surface area (Å²) >= 11 is 9.29. The number of rotatable bonds is 5. The highest BCUT2D eigenvalue weighted by molar-refractivity contribution is 9.10. The highest BCUT2D eigenvalue weighted by Gasteiger charge is 2.22. The fraction of sp³-hybridized carbons (Fsp3) is 0.385. The number of aliphatic carboxylic acids is 1. The molecule has 0 bridgehead atoms. The number of carbonyl (C=O) groups excluding carboxylic acids is 1. The van der Waals surface area contributed by atoms with Crippen molar-refractivity contribution in [3.05, 3.63) is 27.7 Å². The van der Waals surface area contributed by atoms with Gasteiger partial charge in [-0.25, -0.2) is 4.79 Å². The summed E-state index contributed by atoms with van der Waals surface area (Å²) in [5.74, 6) is -1.05. The van der Waals surface area contributed by atoms with Gasteiger partial charge in [0.15, 0.2) is 0 Å². The molecule has 0 aromatic heterocycles. The number of nitrogens with zero attached hydrogens (tertiary/aromatic N) is 1. The van der Waals surface area contributed by atoms with Crippen molar-refractivity contribution in [3.63, 3.8) is 0 Å². The molecule has 0 radical (unpaired) electrons. The molecule has 0 fully saturated rings. The lowest BCUT2D eigenvalue weighted by Crippen LogP contribution is -2.44. The minimum absolute atomic E-state index is 0.180. The molecule has 0 heterocycles. The van der Waals surface area contributed by atoms with Crippen LogP contribution in [0.1, 0.15) is 20.3 Å². The van der Waals surface area contributed by atoms with Crippen LogP contribution < -0.4 is 5.32 Å². The van der Waals surface area contributed by atoms with Gasteiger partial charge in [-0.1, -0.05) is 34.5 Å². The van der Waals surface area contributed by atoms with Crippen LogP contribution in [0.4, 0.5) is 10.5 Å². The summed E-state index contributed by atoms with van der Waals surface area (Å²) < 4.78 is 0.796. The molecule has 20 heavy (non-hydrogen) atoms. The summed E-state index contributed by atoms with van der Waals surface area (Å²) in [7, 11) is 0. The maximum absolute atomic E-state index is 12.2. The molecule has 7 heteroatoms. The molecule has 0 aliphatic rings. The van der Waals surface area contributed by atoms with Crippen LogP contribution in [0.15, 0.2) is 22.7 Å². The normalized spacial score (nSPS) is 11.8. The van der Waals surface area contributed by atoms with E-state index in [9.17, 15) is 9.59 Å². The fourth-order valence-electron chi connectivity index (χ4n) is 1.57. The number of nitrogens with one attached hydrogen (secondary N) is 1. The molecule has 2 N–H and O–H groups in total. The van der Waals surface area contributed by atoms with Crippen LogP contribution in [0.2, 0.25) is 5.02 Å². The Hall–Kier alpha value is -1.27. The zero-order valence-corrected chi connectivity index (χ0v) is 13.5. The highest BCUT2D eigenvalue weighted by atomic mass is 79.9. The first-order chi connectivity index (χ1) is 9.35. The molecule has 0 aliphatic heterocycles. The van der Waals surface area contributed by atoms with Gasteiger partial charge in [-0.05, 0) is 31.5 Å². The molecular formula is C13H16BrClN2O3. The molecule has 0 saturated carbocycles. The van der Waals surface area contributed by atoms with Crippen molar-refractivity contribution in [2.45, 2.75) is 26.3 Å². The maximum Gasteiger partial charge on any atom is 0.323 e. The standard InChI is InChI=1S/C13H16BrClN2O3/c1-3-8(2)17(7-12(18)19)13(20)16-11-5-4-9(14)6-10(11)15/h4-6,8H,3,7H2,1-2H3,(H,16,20)(H,18,19). The van der Waals surface area contributed by atoms with E-state index < -0.39 is 12.0 Å². The van der Waals surface area contributed by atoms with Crippen LogP contribution in [0, 0.1) is 0 Å². The number of carbonyl (C=O) groups is 2. The SMILES string of the molecule is CCC(C)N(CC(=O)O)C(=O)Nc1ccc(Br)cc1Cl. The molecule has 0 saturated heterocycles. The summed E-state index contributed by atoms with van der Waals surface area (Å²) in [6, 6.07) is 4.39. The topological polar surface area (TPSA) is 69.6 Å². The van der Waals surface area contributed by atoms with Crippen LogP contribution >= 0.6 is 27.5 Å². The Bertz CT molecular complexity index is 510. The Morgan fingerprint density at radius 3 is 2.65 bits per heavy atom. The predicted molar refractivity (Wildman–Crippen MR) is 82.3 cm³/mol. The molecule has 110 valence electrons. The number of urea groups is 1. The van der Waals surface area contributed by atoms with Crippen LogP contribution in [-0.2, 0) is 4.79 Å². The summed E-state index contributed by atoms with van der Waals surface area (Å²) in [5, 5.41) is 11.9. The Morgan fingerprint density at radius 1 is 1.50 bits per heavy atom. The van der Waals surface area contributed by atoms with E-state index in [1.54, 1.807) is 25.1 Å². The summed E-state index contributed by atoms with van der Waals surface area (Å²) in [6.07, 6.45) is 0.661. The quantitative estimate of drug-likeness (QED) is 0.835. The average molecular weight is 364 g/mol. The van der Waals surface area contributed by atoms with Crippen LogP contribution in [0.5, 0.6) is 0 Å². The lowest BCUT2D eigenvalue weighted by molar-refractivity contribution is -0.138. The molecule has 1 rings (SSSR count). The van der Waals surface area contributed by atoms with Gasteiger partial charge in [-0.15, -0.1) is 0 Å². The monoisotopic (exact) mass is 362 g/mol. The Balaban J connectivity index is 2.87. The Kier molecular flexibility index (Phi) is 6.29. The number of carboxylic acid groups (broad SMARTS) is 1. The average Bonchev–Trinajstić information content (AvgIpc) is 2.38. The van der Waals surface area contributed by atoms with Gasteiger partial charge in [0.25, 0.3) is 0 Å². The number of carboxylic acids is 1. The van der Waals surface area contributed by atoms with Crippen LogP contribution in [0.25, 0.3) is 0 Å². The number of amides is 2. The zero-order valence-electron chi connectivity index (χ0n) is 11.2. The van der Waals surface area contributed by atoms with Gasteiger partial charge in [-0.3, -0.25) is 4.79 Å². The van der Waals surface area contributed by atoms with Gasteiger partial charge in [0.05, 0.1) is 10.7 Å². The van der Waals surface area contributed by atoms with Gasteiger partial charge in [0, 0.05) is 10.5 Å². The molecule has 2 amide bonds. The Morgan fingerprint density at radius 2 is 2.15 bits per heavy atom. The van der Waals surface area contributed by atoms with Gasteiger partial charge in [-0.2, -0.15) is 0 Å². The molecule has 1 aromatic carbocycles. The lowest BCUT2D eigenvalue weighted by atomic mass is 10.2. The van der Waals surface area contributed by atoms with Crippen molar-refractivity contribution < 1.29 is 14.7 Å². The van der Waals surface area contributed by atoms with Crippen LogP contribution in [-0.4, -0.2) is 34.6 Å². The van der Waals surface area contributed by atoms with E-state index in [4.69, 9.17) is 16.7 Å². The van der Waals surface area contributed by atoms with E-state index in [2.05, 4.69) is 21.2 Å². The largest absolute Gasteiger partial charge is 0.480 e. The van der Waals surface area contributed by atoms with E-state index in [1.807, 2.05) is 6.92 Å². The number of halogens is 2. The third-order valence-electron chi connectivity index (χ3n) is 2.86. The zero-order chi connectivity index (χ0) is 15.3. The smallest absolute Gasteiger partial charge is 0.323 e. The van der Waals surface area contributed by atoms with E-state index >= 15 is 0 Å². The van der Waals surface area contributed by atoms with Gasteiger partial charge in [0.2, 0.25) is 0 Å². The summed E-state index contributed by atoms with van der Waals surface area (Å²) in [6.45, 7) is 3.33. The molecule has 5 nitrogen and oxygen atoms in total. The third kappa shape index (κ3) is 4.68. The molecular weight excluding hydrogens is 348 g/mol. The first-order valence-electron chi connectivity index (χ1n) is 6.09. The van der Waals surface area contributed by atoms with Gasteiger partial charge < -0.3 is 15.3 Å². The lowest BCUT2D eigenvalue weighted by Gasteiger charge is -2.27. The highest BCUT2D eigenvalue weighted by Crippen LogP contribution is 2.26. The van der Waals surface area contributed by atoms with Gasteiger partial charge >= 0.3 is 12.0 Å². The number of hydrogen-bond acceptors (Lipinski definition) is 2. The Labute approximate surface area is 131 Å². The minimum atomic E-state index is -1.05. The second kappa shape index (κ2) is 7.50. The summed E-state index contributed by atoms with van der Waals surface area (Å²) in [4.78, 5) is 24.3. The first kappa shape index (κ1) is 16.8. The minimum Gasteiger partial charge on any atom is -0.480 e. The van der Waals surface area contributed by atoms with Crippen molar-refractivity contribution in [3.8, 4) is 0 Å². The van der Waals surface area contributed by atoms with E-state index in [-0.39, 0.29) is 12.6 Å². The number of benzene rings is 1. The van der Waals surface area contributed by atoms with Gasteiger partial charge in [0.1, 0.15) is 6.54 Å². The second-order valence-corrected chi connectivity index (χ2v) is 5.66. The van der Waals surface area contributed by atoms with Crippen LogP contribution in [0.3, 0.4) is 0 Å². The molecule has 0 aliphatic carbocycles. The molecule has 0 spiro atoms.